The number of hydrogen-bond acceptors (Lipinski definition) is 3. The summed E-state index contributed by atoms with van der Waals surface area (Å²) in [7, 11) is -3.45. The molecule has 2 heterocycles. The summed E-state index contributed by atoms with van der Waals surface area (Å²) < 4.78 is 29.2. The smallest absolute Gasteiger partial charge is 0.243 e. The predicted molar refractivity (Wildman–Crippen MR) is 89.7 cm³/mol. The van der Waals surface area contributed by atoms with Gasteiger partial charge in [0.2, 0.25) is 10.0 Å². The molecule has 0 atom stereocenters. The second-order valence-electron chi connectivity index (χ2n) is 7.10. The van der Waals surface area contributed by atoms with E-state index >= 15 is 0 Å². The largest absolute Gasteiger partial charge is 0.264 e. The summed E-state index contributed by atoms with van der Waals surface area (Å²) in [5.41, 5.74) is 3.11. The predicted octanol–water partition coefficient (Wildman–Crippen LogP) is 2.69. The molecule has 5 nitrogen and oxygen atoms in total. The van der Waals surface area contributed by atoms with Crippen molar-refractivity contribution < 1.29 is 8.42 Å². The van der Waals surface area contributed by atoms with E-state index in [1.165, 1.54) is 0 Å². The van der Waals surface area contributed by atoms with E-state index in [2.05, 4.69) is 25.9 Å². The highest BCUT2D eigenvalue weighted by Crippen LogP contribution is 2.27. The maximum absolute atomic E-state index is 12.8. The molecule has 0 spiro atoms. The van der Waals surface area contributed by atoms with Crippen LogP contribution in [0.5, 0.6) is 0 Å². The Bertz CT molecular complexity index is 815. The molecule has 0 unspecified atom stereocenters. The number of aromatic nitrogens is 2. The monoisotopic (exact) mass is 333 g/mol. The minimum atomic E-state index is -3.45. The lowest BCUT2D eigenvalue weighted by atomic mass is 10.1. The number of sulfonamides is 1. The van der Waals surface area contributed by atoms with Crippen molar-refractivity contribution in [3.8, 4) is 0 Å². The lowest BCUT2D eigenvalue weighted by molar-refractivity contribution is 0.325. The van der Waals surface area contributed by atoms with E-state index in [9.17, 15) is 8.42 Å². The molecule has 2 aromatic rings. The van der Waals surface area contributed by atoms with Crippen molar-refractivity contribution in [1.29, 1.82) is 0 Å². The van der Waals surface area contributed by atoms with Crippen LogP contribution in [0.1, 0.15) is 37.6 Å². The minimum absolute atomic E-state index is 0.0917. The molecular formula is C17H23N3O2S. The van der Waals surface area contributed by atoms with Gasteiger partial charge in [0.1, 0.15) is 0 Å². The molecule has 0 radical (unpaired) electrons. The molecule has 0 aliphatic carbocycles. The quantitative estimate of drug-likeness (QED) is 0.849. The molecule has 124 valence electrons. The van der Waals surface area contributed by atoms with Crippen molar-refractivity contribution in [3.63, 3.8) is 0 Å². The normalized spacial score (nSPS) is 16.3. The molecule has 1 aliphatic rings. The molecule has 0 amide bonds. The molecule has 6 heteroatoms. The molecule has 1 aromatic heterocycles. The van der Waals surface area contributed by atoms with E-state index in [4.69, 9.17) is 0 Å². The van der Waals surface area contributed by atoms with Crippen molar-refractivity contribution in [3.05, 3.63) is 47.3 Å². The van der Waals surface area contributed by atoms with Gasteiger partial charge in [-0.05, 0) is 39.8 Å². The van der Waals surface area contributed by atoms with Gasteiger partial charge < -0.3 is 0 Å². The van der Waals surface area contributed by atoms with Crippen molar-refractivity contribution in [1.82, 2.24) is 14.1 Å². The van der Waals surface area contributed by atoms with Crippen LogP contribution in [-0.2, 0) is 28.5 Å². The molecule has 0 saturated carbocycles. The highest BCUT2D eigenvalue weighted by molar-refractivity contribution is 7.89. The van der Waals surface area contributed by atoms with E-state index < -0.39 is 10.0 Å². The van der Waals surface area contributed by atoms with Gasteiger partial charge in [-0.1, -0.05) is 17.7 Å². The van der Waals surface area contributed by atoms with Crippen molar-refractivity contribution in [2.45, 2.75) is 51.1 Å². The van der Waals surface area contributed by atoms with Gasteiger partial charge in [0.25, 0.3) is 0 Å². The van der Waals surface area contributed by atoms with E-state index in [0.29, 0.717) is 24.4 Å². The van der Waals surface area contributed by atoms with Crippen LogP contribution in [0.4, 0.5) is 0 Å². The first-order chi connectivity index (χ1) is 10.7. The van der Waals surface area contributed by atoms with Crippen LogP contribution in [0.25, 0.3) is 0 Å². The molecule has 0 fully saturated rings. The lowest BCUT2D eigenvalue weighted by Gasteiger charge is -2.29. The number of rotatable bonds is 2. The van der Waals surface area contributed by atoms with Crippen LogP contribution in [0, 0.1) is 6.92 Å². The third-order valence-corrected chi connectivity index (χ3v) is 6.05. The Morgan fingerprint density at radius 1 is 1.13 bits per heavy atom. The topological polar surface area (TPSA) is 55.2 Å². The first-order valence-corrected chi connectivity index (χ1v) is 9.27. The zero-order valence-electron chi connectivity index (χ0n) is 14.1. The average Bonchev–Trinajstić information content (AvgIpc) is 2.90. The van der Waals surface area contributed by atoms with Gasteiger partial charge >= 0.3 is 0 Å². The molecule has 23 heavy (non-hydrogen) atoms. The summed E-state index contributed by atoms with van der Waals surface area (Å²) in [5, 5.41) is 4.47. The molecule has 0 bridgehead atoms. The summed E-state index contributed by atoms with van der Waals surface area (Å²) in [5.74, 6) is 0. The van der Waals surface area contributed by atoms with Gasteiger partial charge in [0.15, 0.2) is 0 Å². The Balaban J connectivity index is 1.90. The average molecular weight is 333 g/mol. The Hall–Kier alpha value is -1.66. The molecule has 3 rings (SSSR count). The Kier molecular flexibility index (Phi) is 3.84. The van der Waals surface area contributed by atoms with E-state index in [0.717, 1.165) is 16.8 Å². The van der Waals surface area contributed by atoms with Gasteiger partial charge in [-0.2, -0.15) is 9.40 Å². The fraction of sp³-hybridized carbons (Fsp3) is 0.471. The van der Waals surface area contributed by atoms with Gasteiger partial charge in [-0.3, -0.25) is 4.68 Å². The highest BCUT2D eigenvalue weighted by atomic mass is 32.2. The standard InChI is InChI=1S/C17H23N3O2S/c1-13-5-7-15(8-6-13)23(21,22)19-10-9-16-14(12-19)11-18-20(16)17(2,3)4/h5-8,11H,9-10,12H2,1-4H3. The number of aryl methyl sites for hydroxylation is 1. The van der Waals surface area contributed by atoms with E-state index in [1.54, 1.807) is 22.6 Å². The first-order valence-electron chi connectivity index (χ1n) is 7.83. The number of fused-ring (bicyclic) bond motifs is 1. The summed E-state index contributed by atoms with van der Waals surface area (Å²) in [4.78, 5) is 0.356. The van der Waals surface area contributed by atoms with E-state index in [-0.39, 0.29) is 5.54 Å². The summed E-state index contributed by atoms with van der Waals surface area (Å²) in [6.07, 6.45) is 2.50. The summed E-state index contributed by atoms with van der Waals surface area (Å²) in [6.45, 7) is 9.15. The lowest BCUT2D eigenvalue weighted by Crippen LogP contribution is -2.37. The van der Waals surface area contributed by atoms with Crippen LogP contribution >= 0.6 is 0 Å². The number of hydrogen-bond donors (Lipinski definition) is 0. The molecule has 1 aromatic carbocycles. The minimum Gasteiger partial charge on any atom is -0.264 e. The van der Waals surface area contributed by atoms with Crippen molar-refractivity contribution in [2.75, 3.05) is 6.54 Å². The van der Waals surface area contributed by atoms with Crippen molar-refractivity contribution in [2.24, 2.45) is 0 Å². The van der Waals surface area contributed by atoms with Crippen LogP contribution in [0.15, 0.2) is 35.4 Å². The second kappa shape index (κ2) is 5.46. The third-order valence-electron chi connectivity index (χ3n) is 4.19. The van der Waals surface area contributed by atoms with Gasteiger partial charge in [-0.15, -0.1) is 0 Å². The third kappa shape index (κ3) is 2.93. The zero-order chi connectivity index (χ0) is 16.8. The van der Waals surface area contributed by atoms with Gasteiger partial charge in [-0.25, -0.2) is 8.42 Å². The second-order valence-corrected chi connectivity index (χ2v) is 9.04. The van der Waals surface area contributed by atoms with Crippen molar-refractivity contribution >= 4 is 10.0 Å². The SMILES string of the molecule is Cc1ccc(S(=O)(=O)N2CCc3c(cnn3C(C)(C)C)C2)cc1. The molecule has 0 N–H and O–H groups in total. The number of benzene rings is 1. The summed E-state index contributed by atoms with van der Waals surface area (Å²) in [6, 6.07) is 7.03. The van der Waals surface area contributed by atoms with Gasteiger partial charge in [0, 0.05) is 30.8 Å². The van der Waals surface area contributed by atoms with Gasteiger partial charge in [0.05, 0.1) is 16.6 Å². The van der Waals surface area contributed by atoms with Crippen LogP contribution in [0.2, 0.25) is 0 Å². The maximum atomic E-state index is 12.8. The molecule has 1 aliphatic heterocycles. The van der Waals surface area contributed by atoms with E-state index in [1.807, 2.05) is 23.7 Å². The first kappa shape index (κ1) is 16.2. The Morgan fingerprint density at radius 2 is 1.78 bits per heavy atom. The highest BCUT2D eigenvalue weighted by Gasteiger charge is 2.31. The molecule has 0 saturated heterocycles. The Labute approximate surface area is 138 Å². The van der Waals surface area contributed by atoms with Crippen LogP contribution in [0.3, 0.4) is 0 Å². The van der Waals surface area contributed by atoms with Crippen LogP contribution in [-0.4, -0.2) is 29.0 Å². The maximum Gasteiger partial charge on any atom is 0.243 e. The molecular weight excluding hydrogens is 310 g/mol. The fourth-order valence-corrected chi connectivity index (χ4v) is 4.37. The van der Waals surface area contributed by atoms with Crippen LogP contribution < -0.4 is 0 Å². The zero-order valence-corrected chi connectivity index (χ0v) is 14.9. The number of nitrogens with zero attached hydrogens (tertiary/aromatic N) is 3. The fourth-order valence-electron chi connectivity index (χ4n) is 2.95. The summed E-state index contributed by atoms with van der Waals surface area (Å²) >= 11 is 0. The Morgan fingerprint density at radius 3 is 2.39 bits per heavy atom.